The number of ether oxygens (including phenoxy) is 1. The number of aromatic nitrogens is 2. The van der Waals surface area contributed by atoms with Gasteiger partial charge in [-0.2, -0.15) is 0 Å². The van der Waals surface area contributed by atoms with Crippen molar-refractivity contribution in [3.63, 3.8) is 0 Å². The van der Waals surface area contributed by atoms with E-state index in [1.165, 1.54) is 11.3 Å². The molecule has 2 rings (SSSR count). The maximum absolute atomic E-state index is 12.2. The number of rotatable bonds is 7. The minimum absolute atomic E-state index is 0.184. The van der Waals surface area contributed by atoms with Crippen molar-refractivity contribution in [1.29, 1.82) is 0 Å². The van der Waals surface area contributed by atoms with Crippen molar-refractivity contribution in [3.05, 3.63) is 34.8 Å². The molecule has 7 heteroatoms. The average molecular weight is 320 g/mol. The Bertz CT molecular complexity index is 628. The van der Waals surface area contributed by atoms with Crippen molar-refractivity contribution >= 4 is 28.1 Å². The highest BCUT2D eigenvalue weighted by molar-refractivity contribution is 7.15. The second-order valence-electron chi connectivity index (χ2n) is 4.85. The molecule has 1 aromatic carbocycles. The number of benzene rings is 1. The number of nitrogens with one attached hydrogen (secondary N) is 1. The molecule has 1 aromatic heterocycles. The van der Waals surface area contributed by atoms with Crippen molar-refractivity contribution < 1.29 is 9.53 Å². The molecule has 0 fully saturated rings. The zero-order valence-electron chi connectivity index (χ0n) is 13.0. The first-order chi connectivity index (χ1) is 10.6. The van der Waals surface area contributed by atoms with E-state index in [9.17, 15) is 4.79 Å². The SMILES string of the molecule is CCOCCc1nnc(NC(=O)c2cccc(N(C)C)c2)s1. The number of hydrogen-bond acceptors (Lipinski definition) is 6. The molecule has 0 spiro atoms. The van der Waals surface area contributed by atoms with Gasteiger partial charge in [-0.3, -0.25) is 10.1 Å². The van der Waals surface area contributed by atoms with Crippen molar-refractivity contribution in [2.45, 2.75) is 13.3 Å². The Morgan fingerprint density at radius 1 is 1.36 bits per heavy atom. The molecule has 0 radical (unpaired) electrons. The van der Waals surface area contributed by atoms with Crippen LogP contribution in [-0.2, 0) is 11.2 Å². The van der Waals surface area contributed by atoms with Gasteiger partial charge in [0.05, 0.1) is 6.61 Å². The van der Waals surface area contributed by atoms with Gasteiger partial charge in [-0.25, -0.2) is 0 Å². The number of anilines is 2. The van der Waals surface area contributed by atoms with Gasteiger partial charge in [0.2, 0.25) is 5.13 Å². The topological polar surface area (TPSA) is 67.4 Å². The van der Waals surface area contributed by atoms with Crippen molar-refractivity contribution in [2.24, 2.45) is 0 Å². The molecular formula is C15H20N4O2S. The molecule has 22 heavy (non-hydrogen) atoms. The maximum atomic E-state index is 12.2. The van der Waals surface area contributed by atoms with Gasteiger partial charge in [-0.15, -0.1) is 10.2 Å². The Morgan fingerprint density at radius 2 is 2.18 bits per heavy atom. The number of amides is 1. The van der Waals surface area contributed by atoms with Crippen LogP contribution in [0.25, 0.3) is 0 Å². The fourth-order valence-corrected chi connectivity index (χ4v) is 2.52. The maximum Gasteiger partial charge on any atom is 0.257 e. The van der Waals surface area contributed by atoms with E-state index in [2.05, 4.69) is 15.5 Å². The standard InChI is InChI=1S/C15H20N4O2S/c1-4-21-9-8-13-17-18-15(22-13)16-14(20)11-6-5-7-12(10-11)19(2)3/h5-7,10H,4,8-9H2,1-3H3,(H,16,18,20). The van der Waals surface area contributed by atoms with Gasteiger partial charge in [0, 0.05) is 38.4 Å². The summed E-state index contributed by atoms with van der Waals surface area (Å²) in [5, 5.41) is 12.2. The molecule has 0 aliphatic rings. The molecular weight excluding hydrogens is 300 g/mol. The van der Waals surface area contributed by atoms with Crippen LogP contribution in [-0.4, -0.2) is 43.4 Å². The quantitative estimate of drug-likeness (QED) is 0.794. The number of carbonyl (C=O) groups is 1. The van der Waals surface area contributed by atoms with Crippen LogP contribution in [0.4, 0.5) is 10.8 Å². The smallest absolute Gasteiger partial charge is 0.257 e. The summed E-state index contributed by atoms with van der Waals surface area (Å²) >= 11 is 1.37. The number of nitrogens with zero attached hydrogens (tertiary/aromatic N) is 3. The van der Waals surface area contributed by atoms with Gasteiger partial charge < -0.3 is 9.64 Å². The summed E-state index contributed by atoms with van der Waals surface area (Å²) in [6, 6.07) is 7.43. The molecule has 0 saturated heterocycles. The van der Waals surface area contributed by atoms with E-state index >= 15 is 0 Å². The molecule has 0 unspecified atom stereocenters. The van der Waals surface area contributed by atoms with Crippen molar-refractivity contribution in [3.8, 4) is 0 Å². The first-order valence-electron chi connectivity index (χ1n) is 7.09. The fraction of sp³-hybridized carbons (Fsp3) is 0.400. The van der Waals surface area contributed by atoms with Gasteiger partial charge in [-0.1, -0.05) is 17.4 Å². The summed E-state index contributed by atoms with van der Waals surface area (Å²) in [7, 11) is 3.87. The molecule has 1 heterocycles. The summed E-state index contributed by atoms with van der Waals surface area (Å²) < 4.78 is 5.28. The van der Waals surface area contributed by atoms with Crippen LogP contribution in [0, 0.1) is 0 Å². The Kier molecular flexibility index (Phi) is 5.85. The molecule has 1 N–H and O–H groups in total. The third-order valence-corrected chi connectivity index (χ3v) is 3.87. The van der Waals surface area contributed by atoms with Gasteiger partial charge in [0.15, 0.2) is 0 Å². The second-order valence-corrected chi connectivity index (χ2v) is 5.91. The van der Waals surface area contributed by atoms with Crippen molar-refractivity contribution in [1.82, 2.24) is 10.2 Å². The highest BCUT2D eigenvalue weighted by Crippen LogP contribution is 2.18. The number of carbonyl (C=O) groups excluding carboxylic acids is 1. The van der Waals surface area contributed by atoms with Crippen molar-refractivity contribution in [2.75, 3.05) is 37.5 Å². The van der Waals surface area contributed by atoms with Crippen LogP contribution in [0.1, 0.15) is 22.3 Å². The first-order valence-corrected chi connectivity index (χ1v) is 7.90. The van der Waals surface area contributed by atoms with Crippen LogP contribution >= 0.6 is 11.3 Å². The second kappa shape index (κ2) is 7.86. The highest BCUT2D eigenvalue weighted by atomic mass is 32.1. The lowest BCUT2D eigenvalue weighted by molar-refractivity contribution is 0.102. The lowest BCUT2D eigenvalue weighted by Crippen LogP contribution is -2.14. The van der Waals surface area contributed by atoms with Gasteiger partial charge in [0.1, 0.15) is 5.01 Å². The molecule has 0 aliphatic heterocycles. The summed E-state index contributed by atoms with van der Waals surface area (Å²) in [5.41, 5.74) is 1.57. The number of hydrogen-bond donors (Lipinski definition) is 1. The Hall–Kier alpha value is -1.99. The normalized spacial score (nSPS) is 10.5. The first kappa shape index (κ1) is 16.4. The average Bonchev–Trinajstić information content (AvgIpc) is 2.95. The van der Waals surface area contributed by atoms with Crippen LogP contribution < -0.4 is 10.2 Å². The monoisotopic (exact) mass is 320 g/mol. The zero-order valence-corrected chi connectivity index (χ0v) is 13.8. The van der Waals surface area contributed by atoms with Crippen LogP contribution in [0.3, 0.4) is 0 Å². The van der Waals surface area contributed by atoms with Gasteiger partial charge in [-0.05, 0) is 25.1 Å². The van der Waals surface area contributed by atoms with Crippen LogP contribution in [0.5, 0.6) is 0 Å². The predicted octanol–water partition coefficient (Wildman–Crippen LogP) is 2.44. The molecule has 0 aliphatic carbocycles. The lowest BCUT2D eigenvalue weighted by atomic mass is 10.2. The Labute approximate surface area is 134 Å². The van der Waals surface area contributed by atoms with Gasteiger partial charge in [0.25, 0.3) is 5.91 Å². The molecule has 0 atom stereocenters. The fourth-order valence-electron chi connectivity index (χ4n) is 1.80. The molecule has 0 bridgehead atoms. The van der Waals surface area contributed by atoms with E-state index < -0.39 is 0 Å². The Balaban J connectivity index is 1.98. The van der Waals surface area contributed by atoms with E-state index in [0.717, 1.165) is 10.7 Å². The molecule has 118 valence electrons. The predicted molar refractivity (Wildman–Crippen MR) is 88.8 cm³/mol. The van der Waals surface area contributed by atoms with E-state index in [0.29, 0.717) is 30.3 Å². The molecule has 6 nitrogen and oxygen atoms in total. The summed E-state index contributed by atoms with van der Waals surface area (Å²) in [5.74, 6) is -0.184. The van der Waals surface area contributed by atoms with E-state index in [-0.39, 0.29) is 5.91 Å². The molecule has 2 aromatic rings. The van der Waals surface area contributed by atoms with E-state index in [1.807, 2.05) is 44.1 Å². The van der Waals surface area contributed by atoms with Gasteiger partial charge >= 0.3 is 0 Å². The molecule has 1 amide bonds. The van der Waals surface area contributed by atoms with Crippen LogP contribution in [0.2, 0.25) is 0 Å². The highest BCUT2D eigenvalue weighted by Gasteiger charge is 2.11. The van der Waals surface area contributed by atoms with Crippen LogP contribution in [0.15, 0.2) is 24.3 Å². The largest absolute Gasteiger partial charge is 0.381 e. The third kappa shape index (κ3) is 4.51. The lowest BCUT2D eigenvalue weighted by Gasteiger charge is -2.13. The zero-order chi connectivity index (χ0) is 15.9. The third-order valence-electron chi connectivity index (χ3n) is 2.98. The summed E-state index contributed by atoms with van der Waals surface area (Å²) in [6.45, 7) is 3.25. The minimum atomic E-state index is -0.184. The minimum Gasteiger partial charge on any atom is -0.381 e. The summed E-state index contributed by atoms with van der Waals surface area (Å²) in [6.07, 6.45) is 0.706. The van der Waals surface area contributed by atoms with E-state index in [1.54, 1.807) is 6.07 Å². The summed E-state index contributed by atoms with van der Waals surface area (Å²) in [4.78, 5) is 14.2. The Morgan fingerprint density at radius 3 is 2.91 bits per heavy atom. The molecule has 0 saturated carbocycles. The van der Waals surface area contributed by atoms with E-state index in [4.69, 9.17) is 4.74 Å².